The van der Waals surface area contributed by atoms with E-state index in [1.54, 1.807) is 32.0 Å². The third-order valence-corrected chi connectivity index (χ3v) is 7.60. The fraction of sp³-hybridized carbons (Fsp3) is 0.458. The summed E-state index contributed by atoms with van der Waals surface area (Å²) in [6, 6.07) is 12.6. The molecule has 180 valence electrons. The van der Waals surface area contributed by atoms with Gasteiger partial charge in [0.25, 0.3) is 0 Å². The number of nitrogens with one attached hydrogen (secondary N) is 1. The lowest BCUT2D eigenvalue weighted by Gasteiger charge is -2.31. The number of hydrogen-bond donors (Lipinski definition) is 1. The van der Waals surface area contributed by atoms with E-state index in [9.17, 15) is 13.2 Å². The molecule has 1 N–H and O–H groups in total. The molecule has 1 saturated heterocycles. The average Bonchev–Trinajstić information content (AvgIpc) is 2.81. The summed E-state index contributed by atoms with van der Waals surface area (Å²) in [5, 5.41) is 2.91. The Morgan fingerprint density at radius 2 is 1.76 bits per heavy atom. The van der Waals surface area contributed by atoms with Gasteiger partial charge in [0, 0.05) is 26.2 Å². The van der Waals surface area contributed by atoms with Crippen molar-refractivity contribution in [2.24, 2.45) is 0 Å². The fourth-order valence-electron chi connectivity index (χ4n) is 3.68. The summed E-state index contributed by atoms with van der Waals surface area (Å²) >= 11 is 0. The molecule has 2 aromatic rings. The predicted octanol–water partition coefficient (Wildman–Crippen LogP) is 3.27. The molecule has 1 fully saturated rings. The number of hydrogen-bond acceptors (Lipinski definition) is 6. The number of benzene rings is 2. The Hall–Kier alpha value is -2.62. The van der Waals surface area contributed by atoms with E-state index in [4.69, 9.17) is 9.47 Å². The van der Waals surface area contributed by atoms with Gasteiger partial charge in [0.05, 0.1) is 42.5 Å². The quantitative estimate of drug-likeness (QED) is 0.568. The maximum Gasteiger partial charge on any atom is 0.243 e. The highest BCUT2D eigenvalue weighted by Gasteiger charge is 2.24. The Balaban J connectivity index is 1.77. The van der Waals surface area contributed by atoms with Crippen LogP contribution in [0.25, 0.3) is 0 Å². The Morgan fingerprint density at radius 3 is 2.39 bits per heavy atom. The maximum atomic E-state index is 13.0. The molecule has 9 heteroatoms. The molecule has 0 saturated carbocycles. The first-order valence-electron chi connectivity index (χ1n) is 11.3. The number of amides is 1. The van der Waals surface area contributed by atoms with E-state index in [-0.39, 0.29) is 23.8 Å². The van der Waals surface area contributed by atoms with Crippen LogP contribution in [0.1, 0.15) is 25.8 Å². The van der Waals surface area contributed by atoms with Crippen LogP contribution >= 0.6 is 0 Å². The highest BCUT2D eigenvalue weighted by molar-refractivity contribution is 7.89. The summed E-state index contributed by atoms with van der Waals surface area (Å²) in [7, 11) is -3.65. The minimum absolute atomic E-state index is 0.142. The number of rotatable bonds is 10. The smallest absolute Gasteiger partial charge is 0.243 e. The molecule has 2 aromatic carbocycles. The minimum atomic E-state index is -3.65. The number of carbonyl (C=O) groups is 1. The van der Waals surface area contributed by atoms with Crippen molar-refractivity contribution >= 4 is 27.3 Å². The van der Waals surface area contributed by atoms with E-state index < -0.39 is 10.0 Å². The van der Waals surface area contributed by atoms with Crippen LogP contribution in [-0.2, 0) is 19.6 Å². The number of morpholine rings is 1. The summed E-state index contributed by atoms with van der Waals surface area (Å²) in [5.74, 6) is 0.462. The molecule has 0 unspecified atom stereocenters. The largest absolute Gasteiger partial charge is 0.493 e. The molecule has 0 aromatic heterocycles. The monoisotopic (exact) mass is 475 g/mol. The van der Waals surface area contributed by atoms with E-state index in [2.05, 4.69) is 10.2 Å². The molecular weight excluding hydrogens is 442 g/mol. The van der Waals surface area contributed by atoms with Crippen molar-refractivity contribution in [3.05, 3.63) is 48.0 Å². The van der Waals surface area contributed by atoms with Crippen LogP contribution in [-0.4, -0.2) is 64.6 Å². The molecule has 33 heavy (non-hydrogen) atoms. The first-order valence-corrected chi connectivity index (χ1v) is 12.8. The van der Waals surface area contributed by atoms with Crippen molar-refractivity contribution in [1.29, 1.82) is 0 Å². The lowest BCUT2D eigenvalue weighted by molar-refractivity contribution is -0.116. The van der Waals surface area contributed by atoms with Gasteiger partial charge in [0.1, 0.15) is 5.75 Å². The van der Waals surface area contributed by atoms with Gasteiger partial charge in [0.2, 0.25) is 15.9 Å². The van der Waals surface area contributed by atoms with Crippen molar-refractivity contribution < 1.29 is 22.7 Å². The van der Waals surface area contributed by atoms with Crippen LogP contribution in [0.2, 0.25) is 0 Å². The Labute approximate surface area is 196 Å². The second-order valence-electron chi connectivity index (χ2n) is 7.83. The minimum Gasteiger partial charge on any atom is -0.493 e. The van der Waals surface area contributed by atoms with Gasteiger partial charge in [-0.2, -0.15) is 4.31 Å². The molecule has 1 aliphatic heterocycles. The first kappa shape index (κ1) is 25.0. The van der Waals surface area contributed by atoms with Gasteiger partial charge < -0.3 is 19.7 Å². The lowest BCUT2D eigenvalue weighted by Crippen LogP contribution is -2.37. The first-order chi connectivity index (χ1) is 15.8. The molecule has 0 atom stereocenters. The Morgan fingerprint density at radius 1 is 1.09 bits per heavy atom. The number of carbonyl (C=O) groups excluding carboxylic acids is 1. The number of nitrogens with zero attached hydrogens (tertiary/aromatic N) is 2. The molecule has 0 aliphatic carbocycles. The molecule has 1 amide bonds. The van der Waals surface area contributed by atoms with E-state index in [1.807, 2.05) is 31.2 Å². The van der Waals surface area contributed by atoms with Gasteiger partial charge in [-0.3, -0.25) is 4.79 Å². The summed E-state index contributed by atoms with van der Waals surface area (Å²) in [6.07, 6.45) is 0.142. The third kappa shape index (κ3) is 6.46. The van der Waals surface area contributed by atoms with Gasteiger partial charge in [0.15, 0.2) is 0 Å². The molecule has 1 aliphatic rings. The number of sulfonamides is 1. The normalized spacial score (nSPS) is 14.4. The standard InChI is InChI=1S/C24H33N3O5S/c1-4-27(5-2)33(29,30)21-10-11-23(26-13-16-31-17-14-26)22(18-21)25-24(28)12-15-32-20-8-6-19(3)7-9-20/h6-11,18H,4-5,12-17H2,1-3H3,(H,25,28). The average molecular weight is 476 g/mol. The molecule has 0 spiro atoms. The molecule has 0 bridgehead atoms. The zero-order valence-corrected chi connectivity index (χ0v) is 20.4. The van der Waals surface area contributed by atoms with Crippen molar-refractivity contribution in [3.8, 4) is 5.75 Å². The summed E-state index contributed by atoms with van der Waals surface area (Å²) < 4.78 is 38.6. The predicted molar refractivity (Wildman–Crippen MR) is 130 cm³/mol. The van der Waals surface area contributed by atoms with Crippen LogP contribution in [0.3, 0.4) is 0 Å². The zero-order chi connectivity index (χ0) is 23.8. The fourth-order valence-corrected chi connectivity index (χ4v) is 5.16. The highest BCUT2D eigenvalue weighted by Crippen LogP contribution is 2.31. The summed E-state index contributed by atoms with van der Waals surface area (Å²) in [5.41, 5.74) is 2.39. The van der Waals surface area contributed by atoms with Crippen molar-refractivity contribution in [2.45, 2.75) is 32.1 Å². The van der Waals surface area contributed by atoms with Crippen LogP contribution in [0, 0.1) is 6.92 Å². The van der Waals surface area contributed by atoms with Gasteiger partial charge >= 0.3 is 0 Å². The van der Waals surface area contributed by atoms with Crippen LogP contribution in [0.15, 0.2) is 47.4 Å². The molecule has 1 heterocycles. The third-order valence-electron chi connectivity index (χ3n) is 5.56. The van der Waals surface area contributed by atoms with E-state index >= 15 is 0 Å². The van der Waals surface area contributed by atoms with Gasteiger partial charge in [-0.15, -0.1) is 0 Å². The molecule has 3 rings (SSSR count). The van der Waals surface area contributed by atoms with Crippen LogP contribution < -0.4 is 15.0 Å². The SMILES string of the molecule is CCN(CC)S(=O)(=O)c1ccc(N2CCOCC2)c(NC(=O)CCOc2ccc(C)cc2)c1. The zero-order valence-electron chi connectivity index (χ0n) is 19.5. The molecule has 0 radical (unpaired) electrons. The Kier molecular flexibility index (Phi) is 8.71. The van der Waals surface area contributed by atoms with Gasteiger partial charge in [-0.25, -0.2) is 8.42 Å². The maximum absolute atomic E-state index is 13.0. The van der Waals surface area contributed by atoms with E-state index in [0.717, 1.165) is 11.3 Å². The van der Waals surface area contributed by atoms with Crippen molar-refractivity contribution in [2.75, 3.05) is 56.2 Å². The van der Waals surface area contributed by atoms with Crippen molar-refractivity contribution in [1.82, 2.24) is 4.31 Å². The molecule has 8 nitrogen and oxygen atoms in total. The van der Waals surface area contributed by atoms with Crippen LogP contribution in [0.5, 0.6) is 5.75 Å². The van der Waals surface area contributed by atoms with Gasteiger partial charge in [-0.05, 0) is 37.3 Å². The van der Waals surface area contributed by atoms with Crippen molar-refractivity contribution in [3.63, 3.8) is 0 Å². The number of aryl methyl sites for hydroxylation is 1. The van der Waals surface area contributed by atoms with Crippen LogP contribution in [0.4, 0.5) is 11.4 Å². The van der Waals surface area contributed by atoms with E-state index in [0.29, 0.717) is 50.8 Å². The second kappa shape index (κ2) is 11.5. The number of ether oxygens (including phenoxy) is 2. The lowest BCUT2D eigenvalue weighted by atomic mass is 10.2. The highest BCUT2D eigenvalue weighted by atomic mass is 32.2. The van der Waals surface area contributed by atoms with E-state index in [1.165, 1.54) is 4.31 Å². The number of anilines is 2. The molecular formula is C24H33N3O5S. The second-order valence-corrected chi connectivity index (χ2v) is 9.77. The Bertz CT molecular complexity index is 1030. The summed E-state index contributed by atoms with van der Waals surface area (Å²) in [4.78, 5) is 15.0. The summed E-state index contributed by atoms with van der Waals surface area (Å²) in [6.45, 7) is 9.08. The van der Waals surface area contributed by atoms with Gasteiger partial charge in [-0.1, -0.05) is 31.5 Å². The topological polar surface area (TPSA) is 88.2 Å².